The molecule has 1 saturated carbocycles. The molecule has 2 heterocycles. The zero-order valence-corrected chi connectivity index (χ0v) is 10.2. The first kappa shape index (κ1) is 12.5. The van der Waals surface area contributed by atoms with Gasteiger partial charge in [0.25, 0.3) is 0 Å². The Kier molecular flexibility index (Phi) is 2.62. The molecule has 1 aliphatic heterocycles. The van der Waals surface area contributed by atoms with Gasteiger partial charge in [-0.3, -0.25) is 9.48 Å². The number of nitrogens with zero attached hydrogens (tertiary/aromatic N) is 3. The maximum atomic E-state index is 12.4. The summed E-state index contributed by atoms with van der Waals surface area (Å²) in [5, 5.41) is 3.76. The van der Waals surface area contributed by atoms with Gasteiger partial charge in [0, 0.05) is 31.2 Å². The lowest BCUT2D eigenvalue weighted by molar-refractivity contribution is -0.142. The molecule has 19 heavy (non-hydrogen) atoms. The number of hydrogen-bond acceptors (Lipinski definition) is 2. The molecule has 104 valence electrons. The van der Waals surface area contributed by atoms with Crippen LogP contribution in [0.1, 0.15) is 18.4 Å². The molecular weight excluding hydrogens is 259 g/mol. The van der Waals surface area contributed by atoms with Crippen molar-refractivity contribution < 1.29 is 18.0 Å². The maximum absolute atomic E-state index is 12.4. The fourth-order valence-electron chi connectivity index (χ4n) is 3.32. The quantitative estimate of drug-likeness (QED) is 0.787. The summed E-state index contributed by atoms with van der Waals surface area (Å²) >= 11 is 0. The lowest BCUT2D eigenvalue weighted by Crippen LogP contribution is -2.62. The molecule has 0 bridgehead atoms. The Hall–Kier alpha value is -1.53. The van der Waals surface area contributed by atoms with Crippen LogP contribution < -0.4 is 0 Å². The highest BCUT2D eigenvalue weighted by atomic mass is 19.4. The van der Waals surface area contributed by atoms with Gasteiger partial charge in [-0.1, -0.05) is 0 Å². The van der Waals surface area contributed by atoms with Crippen molar-refractivity contribution in [1.29, 1.82) is 0 Å². The SMILES string of the molecule is O=CN1CC2(CC(Cn3cc(C(F)(F)F)cn3)C2)C1. The van der Waals surface area contributed by atoms with E-state index in [1.165, 1.54) is 4.68 Å². The van der Waals surface area contributed by atoms with Crippen LogP contribution in [0.25, 0.3) is 0 Å². The summed E-state index contributed by atoms with van der Waals surface area (Å²) in [6.07, 6.45) is 0.395. The third-order valence-corrected chi connectivity index (χ3v) is 4.08. The number of amides is 1. The Morgan fingerprint density at radius 2 is 2.11 bits per heavy atom. The molecule has 0 aromatic carbocycles. The molecule has 2 fully saturated rings. The summed E-state index contributed by atoms with van der Waals surface area (Å²) in [5.41, 5.74) is -0.455. The summed E-state index contributed by atoms with van der Waals surface area (Å²) in [5.74, 6) is 0.370. The molecule has 1 aliphatic carbocycles. The number of carbonyl (C=O) groups excluding carboxylic acids is 1. The molecule has 3 rings (SSSR count). The second-order valence-corrected chi connectivity index (χ2v) is 5.73. The van der Waals surface area contributed by atoms with Gasteiger partial charge in [-0.25, -0.2) is 0 Å². The molecule has 0 N–H and O–H groups in total. The van der Waals surface area contributed by atoms with E-state index in [4.69, 9.17) is 0 Å². The van der Waals surface area contributed by atoms with Crippen LogP contribution in [0.2, 0.25) is 0 Å². The van der Waals surface area contributed by atoms with Crippen molar-refractivity contribution in [1.82, 2.24) is 14.7 Å². The van der Waals surface area contributed by atoms with Gasteiger partial charge in [-0.2, -0.15) is 18.3 Å². The summed E-state index contributed by atoms with van der Waals surface area (Å²) in [6.45, 7) is 2.11. The monoisotopic (exact) mass is 273 g/mol. The number of carbonyl (C=O) groups is 1. The van der Waals surface area contributed by atoms with Gasteiger partial charge in [0.1, 0.15) is 0 Å². The molecule has 1 spiro atoms. The van der Waals surface area contributed by atoms with Gasteiger partial charge in [0.2, 0.25) is 6.41 Å². The van der Waals surface area contributed by atoms with Crippen LogP contribution >= 0.6 is 0 Å². The van der Waals surface area contributed by atoms with E-state index in [1.807, 2.05) is 0 Å². The first-order chi connectivity index (χ1) is 8.90. The third kappa shape index (κ3) is 2.21. The van der Waals surface area contributed by atoms with Gasteiger partial charge >= 0.3 is 6.18 Å². The summed E-state index contributed by atoms with van der Waals surface area (Å²) in [6, 6.07) is 0. The topological polar surface area (TPSA) is 38.1 Å². The Balaban J connectivity index is 1.52. The Morgan fingerprint density at radius 1 is 1.42 bits per heavy atom. The predicted molar refractivity (Wildman–Crippen MR) is 60.0 cm³/mol. The van der Waals surface area contributed by atoms with Crippen LogP contribution in [0.3, 0.4) is 0 Å². The van der Waals surface area contributed by atoms with Crippen LogP contribution in [0.5, 0.6) is 0 Å². The lowest BCUT2D eigenvalue weighted by atomic mass is 9.58. The van der Waals surface area contributed by atoms with Crippen molar-refractivity contribution in [2.75, 3.05) is 13.1 Å². The number of aromatic nitrogens is 2. The standard InChI is InChI=1S/C12H14F3N3O/c13-12(14,15)10-3-16-18(5-10)4-9-1-11(2-9)6-17(7-11)8-19/h3,5,8-9H,1-2,4,6-7H2. The zero-order valence-electron chi connectivity index (χ0n) is 10.2. The van der Waals surface area contributed by atoms with Crippen LogP contribution in [-0.4, -0.2) is 34.2 Å². The van der Waals surface area contributed by atoms with Crippen molar-refractivity contribution in [2.24, 2.45) is 11.3 Å². The minimum atomic E-state index is -4.32. The van der Waals surface area contributed by atoms with E-state index in [1.54, 1.807) is 4.90 Å². The van der Waals surface area contributed by atoms with Gasteiger partial charge in [0.15, 0.2) is 0 Å². The highest BCUT2D eigenvalue weighted by Gasteiger charge is 2.51. The smallest absolute Gasteiger partial charge is 0.344 e. The summed E-state index contributed by atoms with van der Waals surface area (Å²) in [4.78, 5) is 12.2. The van der Waals surface area contributed by atoms with Crippen molar-refractivity contribution in [3.05, 3.63) is 18.0 Å². The average molecular weight is 273 g/mol. The predicted octanol–water partition coefficient (Wildman–Crippen LogP) is 1.77. The van der Waals surface area contributed by atoms with E-state index in [0.29, 0.717) is 12.5 Å². The van der Waals surface area contributed by atoms with E-state index < -0.39 is 11.7 Å². The van der Waals surface area contributed by atoms with Crippen LogP contribution in [0.4, 0.5) is 13.2 Å². The van der Waals surface area contributed by atoms with Gasteiger partial charge < -0.3 is 4.90 Å². The fraction of sp³-hybridized carbons (Fsp3) is 0.667. The Labute approximate surface area is 108 Å². The Morgan fingerprint density at radius 3 is 2.63 bits per heavy atom. The second kappa shape index (κ2) is 3.98. The van der Waals surface area contributed by atoms with E-state index in [2.05, 4.69) is 5.10 Å². The second-order valence-electron chi connectivity index (χ2n) is 5.73. The normalized spacial score (nSPS) is 22.2. The molecule has 4 nitrogen and oxygen atoms in total. The molecular formula is C12H14F3N3O. The third-order valence-electron chi connectivity index (χ3n) is 4.08. The summed E-state index contributed by atoms with van der Waals surface area (Å²) < 4.78 is 38.6. The minimum Gasteiger partial charge on any atom is -0.344 e. The Bertz CT molecular complexity index is 483. The maximum Gasteiger partial charge on any atom is 0.419 e. The number of rotatable bonds is 3. The minimum absolute atomic E-state index is 0.242. The van der Waals surface area contributed by atoms with Crippen molar-refractivity contribution >= 4 is 6.41 Å². The van der Waals surface area contributed by atoms with E-state index in [0.717, 1.165) is 44.7 Å². The molecule has 0 unspecified atom stereocenters. The van der Waals surface area contributed by atoms with E-state index >= 15 is 0 Å². The highest BCUT2D eigenvalue weighted by Crippen LogP contribution is 2.51. The molecule has 1 aromatic rings. The largest absolute Gasteiger partial charge is 0.419 e. The van der Waals surface area contributed by atoms with Gasteiger partial charge in [-0.15, -0.1) is 0 Å². The average Bonchev–Trinajstić information content (AvgIpc) is 2.67. The number of hydrogen-bond donors (Lipinski definition) is 0. The lowest BCUT2D eigenvalue weighted by Gasteiger charge is -2.58. The molecule has 0 atom stereocenters. The number of halogens is 3. The zero-order chi connectivity index (χ0) is 13.7. The van der Waals surface area contributed by atoms with Crippen LogP contribution in [0.15, 0.2) is 12.4 Å². The first-order valence-corrected chi connectivity index (χ1v) is 6.19. The van der Waals surface area contributed by atoms with Crippen molar-refractivity contribution in [3.63, 3.8) is 0 Å². The number of alkyl halides is 3. The van der Waals surface area contributed by atoms with Crippen LogP contribution in [-0.2, 0) is 17.5 Å². The molecule has 2 aliphatic rings. The van der Waals surface area contributed by atoms with E-state index in [-0.39, 0.29) is 5.41 Å². The van der Waals surface area contributed by atoms with Crippen molar-refractivity contribution in [3.8, 4) is 0 Å². The molecule has 1 amide bonds. The highest BCUT2D eigenvalue weighted by molar-refractivity contribution is 5.49. The van der Waals surface area contributed by atoms with Gasteiger partial charge in [-0.05, 0) is 18.8 Å². The molecule has 1 aromatic heterocycles. The van der Waals surface area contributed by atoms with E-state index in [9.17, 15) is 18.0 Å². The number of likely N-dealkylation sites (tertiary alicyclic amines) is 1. The molecule has 7 heteroatoms. The van der Waals surface area contributed by atoms with Gasteiger partial charge in [0.05, 0.1) is 11.8 Å². The van der Waals surface area contributed by atoms with Crippen molar-refractivity contribution in [2.45, 2.75) is 25.6 Å². The molecule has 1 saturated heterocycles. The molecule has 0 radical (unpaired) electrons. The fourth-order valence-corrected chi connectivity index (χ4v) is 3.32. The van der Waals surface area contributed by atoms with Crippen LogP contribution in [0, 0.1) is 11.3 Å². The summed E-state index contributed by atoms with van der Waals surface area (Å²) in [7, 11) is 0. The first-order valence-electron chi connectivity index (χ1n) is 6.19.